The molecular formula is C22H24N4O5. The van der Waals surface area contributed by atoms with E-state index >= 15 is 0 Å². The third-order valence-electron chi connectivity index (χ3n) is 5.24. The van der Waals surface area contributed by atoms with Gasteiger partial charge in [-0.1, -0.05) is 0 Å². The zero-order valence-electron chi connectivity index (χ0n) is 17.5. The summed E-state index contributed by atoms with van der Waals surface area (Å²) in [6.07, 6.45) is 0.867. The maximum Gasteiger partial charge on any atom is 0.268 e. The van der Waals surface area contributed by atoms with Crippen molar-refractivity contribution < 1.29 is 23.9 Å². The minimum absolute atomic E-state index is 0.135. The molecule has 1 saturated heterocycles. The van der Waals surface area contributed by atoms with Crippen LogP contribution in [0, 0.1) is 0 Å². The first-order chi connectivity index (χ1) is 14.9. The molecule has 0 saturated carbocycles. The van der Waals surface area contributed by atoms with Gasteiger partial charge in [-0.2, -0.15) is 0 Å². The highest BCUT2D eigenvalue weighted by Gasteiger charge is 2.33. The van der Waals surface area contributed by atoms with E-state index in [-0.39, 0.29) is 24.1 Å². The van der Waals surface area contributed by atoms with Gasteiger partial charge in [0.1, 0.15) is 18.1 Å². The fraction of sp³-hybridized carbons (Fsp3) is 0.364. The summed E-state index contributed by atoms with van der Waals surface area (Å²) >= 11 is 0. The van der Waals surface area contributed by atoms with E-state index in [1.54, 1.807) is 37.4 Å². The van der Waals surface area contributed by atoms with Crippen molar-refractivity contribution >= 4 is 34.8 Å². The van der Waals surface area contributed by atoms with Crippen LogP contribution in [0.25, 0.3) is 0 Å². The third-order valence-corrected chi connectivity index (χ3v) is 5.24. The highest BCUT2D eigenvalue weighted by Crippen LogP contribution is 2.35. The average Bonchev–Trinajstić information content (AvgIpc) is 2.77. The molecule has 0 spiro atoms. The Hall–Kier alpha value is -3.46. The van der Waals surface area contributed by atoms with Gasteiger partial charge in [-0.3, -0.25) is 19.3 Å². The predicted octanol–water partition coefficient (Wildman–Crippen LogP) is 1.87. The van der Waals surface area contributed by atoms with E-state index in [1.165, 1.54) is 11.8 Å². The number of nitrogens with zero attached hydrogens (tertiary/aromatic N) is 3. The Labute approximate surface area is 179 Å². The van der Waals surface area contributed by atoms with Crippen LogP contribution in [0.15, 0.2) is 36.5 Å². The number of benzene rings is 1. The number of Topliss-reactive ketones (excluding diaryl/α,β-unsaturated/α-hetero) is 1. The Balaban J connectivity index is 1.47. The topological polar surface area (TPSA) is 101 Å². The number of anilines is 3. The number of amides is 2. The van der Waals surface area contributed by atoms with Gasteiger partial charge in [0, 0.05) is 18.7 Å². The van der Waals surface area contributed by atoms with Gasteiger partial charge in [0.05, 0.1) is 30.8 Å². The van der Waals surface area contributed by atoms with Gasteiger partial charge in [-0.25, -0.2) is 4.98 Å². The fourth-order valence-electron chi connectivity index (χ4n) is 3.57. The van der Waals surface area contributed by atoms with Crippen LogP contribution < -0.4 is 19.9 Å². The number of aromatic nitrogens is 1. The lowest BCUT2D eigenvalue weighted by Gasteiger charge is -2.32. The zero-order valence-corrected chi connectivity index (χ0v) is 17.5. The Bertz CT molecular complexity index is 1000. The largest absolute Gasteiger partial charge is 0.479 e. The first kappa shape index (κ1) is 20.8. The molecule has 3 heterocycles. The molecule has 1 unspecified atom stereocenters. The van der Waals surface area contributed by atoms with Gasteiger partial charge in [0.25, 0.3) is 5.91 Å². The zero-order chi connectivity index (χ0) is 22.0. The molecule has 1 aromatic heterocycles. The van der Waals surface area contributed by atoms with E-state index in [0.29, 0.717) is 35.9 Å². The minimum Gasteiger partial charge on any atom is -0.479 e. The number of rotatable bonds is 5. The van der Waals surface area contributed by atoms with Crippen LogP contribution in [0.3, 0.4) is 0 Å². The second-order valence-corrected chi connectivity index (χ2v) is 7.48. The summed E-state index contributed by atoms with van der Waals surface area (Å²) in [6.45, 7) is 5.75. The number of carbonyl (C=O) groups is 3. The molecule has 2 aliphatic heterocycles. The molecule has 0 aliphatic carbocycles. The van der Waals surface area contributed by atoms with E-state index in [2.05, 4.69) is 15.2 Å². The van der Waals surface area contributed by atoms with Crippen LogP contribution in [-0.2, 0) is 14.3 Å². The lowest BCUT2D eigenvalue weighted by atomic mass is 10.1. The van der Waals surface area contributed by atoms with Gasteiger partial charge in [0.2, 0.25) is 5.91 Å². The number of carbonyl (C=O) groups excluding carboxylic acids is 3. The summed E-state index contributed by atoms with van der Waals surface area (Å²) in [5, 5.41) is 2.78. The maximum absolute atomic E-state index is 12.7. The summed E-state index contributed by atoms with van der Waals surface area (Å²) in [4.78, 5) is 45.0. The molecule has 9 heteroatoms. The number of hydrogen-bond acceptors (Lipinski definition) is 7. The van der Waals surface area contributed by atoms with Gasteiger partial charge in [-0.15, -0.1) is 0 Å². The molecule has 2 aromatic rings. The lowest BCUT2D eigenvalue weighted by Crippen LogP contribution is -2.47. The Morgan fingerprint density at radius 1 is 1.19 bits per heavy atom. The maximum atomic E-state index is 12.7. The molecule has 2 aliphatic rings. The van der Waals surface area contributed by atoms with Crippen LogP contribution in [0.2, 0.25) is 0 Å². The summed E-state index contributed by atoms with van der Waals surface area (Å²) < 4.78 is 11.0. The summed E-state index contributed by atoms with van der Waals surface area (Å²) in [5.74, 6) is 0.432. The van der Waals surface area contributed by atoms with Crippen molar-refractivity contribution in [3.63, 3.8) is 0 Å². The van der Waals surface area contributed by atoms with Crippen molar-refractivity contribution in [2.75, 3.05) is 48.0 Å². The molecule has 0 radical (unpaired) electrons. The number of fused-ring (bicyclic) bond motifs is 1. The van der Waals surface area contributed by atoms with Gasteiger partial charge in [0.15, 0.2) is 11.9 Å². The molecule has 162 valence electrons. The smallest absolute Gasteiger partial charge is 0.268 e. The van der Waals surface area contributed by atoms with E-state index < -0.39 is 6.10 Å². The molecule has 2 amide bonds. The molecular weight excluding hydrogens is 400 g/mol. The Morgan fingerprint density at radius 3 is 2.65 bits per heavy atom. The molecule has 9 nitrogen and oxygen atoms in total. The Morgan fingerprint density at radius 2 is 1.97 bits per heavy atom. The molecule has 4 rings (SSSR count). The minimum atomic E-state index is -0.724. The van der Waals surface area contributed by atoms with Gasteiger partial charge >= 0.3 is 0 Å². The SMILES string of the molecule is CC(=O)c1ccc2c(c1)N(CC(=O)Nc1ccc(N3CCOCC3)nc1)C(=O)C(C)O2. The van der Waals surface area contributed by atoms with E-state index in [9.17, 15) is 14.4 Å². The highest BCUT2D eigenvalue weighted by molar-refractivity contribution is 6.07. The van der Waals surface area contributed by atoms with Crippen molar-refractivity contribution in [2.24, 2.45) is 0 Å². The van der Waals surface area contributed by atoms with E-state index in [4.69, 9.17) is 9.47 Å². The predicted molar refractivity (Wildman–Crippen MR) is 115 cm³/mol. The van der Waals surface area contributed by atoms with E-state index in [0.717, 1.165) is 18.9 Å². The van der Waals surface area contributed by atoms with Gasteiger partial charge < -0.3 is 19.7 Å². The number of nitrogens with one attached hydrogen (secondary N) is 1. The van der Waals surface area contributed by atoms with Crippen LogP contribution in [-0.4, -0.2) is 61.5 Å². The number of pyridine rings is 1. The quantitative estimate of drug-likeness (QED) is 0.731. The number of morpholine rings is 1. The fourth-order valence-corrected chi connectivity index (χ4v) is 3.57. The third kappa shape index (κ3) is 4.51. The second-order valence-electron chi connectivity index (χ2n) is 7.48. The molecule has 0 bridgehead atoms. The van der Waals surface area contributed by atoms with Crippen molar-refractivity contribution in [1.29, 1.82) is 0 Å². The second kappa shape index (κ2) is 8.73. The van der Waals surface area contributed by atoms with Crippen molar-refractivity contribution in [3.8, 4) is 5.75 Å². The molecule has 1 atom stereocenters. The number of hydrogen-bond donors (Lipinski definition) is 1. The first-order valence-corrected chi connectivity index (χ1v) is 10.1. The van der Waals surface area contributed by atoms with Crippen LogP contribution in [0.4, 0.5) is 17.2 Å². The van der Waals surface area contributed by atoms with Crippen molar-refractivity contribution in [3.05, 3.63) is 42.1 Å². The molecule has 1 fully saturated rings. The van der Waals surface area contributed by atoms with Crippen LogP contribution in [0.5, 0.6) is 5.75 Å². The first-order valence-electron chi connectivity index (χ1n) is 10.1. The summed E-state index contributed by atoms with van der Waals surface area (Å²) in [7, 11) is 0. The van der Waals surface area contributed by atoms with Crippen molar-refractivity contribution in [2.45, 2.75) is 20.0 Å². The lowest BCUT2D eigenvalue weighted by molar-refractivity contribution is -0.127. The standard InChI is InChI=1S/C22H24N4O5/c1-14(27)16-3-5-19-18(11-16)26(22(29)15(2)31-19)13-21(28)24-17-4-6-20(23-12-17)25-7-9-30-10-8-25/h3-6,11-12,15H,7-10,13H2,1-2H3,(H,24,28). The monoisotopic (exact) mass is 424 g/mol. The molecule has 1 aromatic carbocycles. The molecule has 31 heavy (non-hydrogen) atoms. The number of ether oxygens (including phenoxy) is 2. The van der Waals surface area contributed by atoms with Crippen LogP contribution in [0.1, 0.15) is 24.2 Å². The normalized spacial score (nSPS) is 18.3. The van der Waals surface area contributed by atoms with Crippen LogP contribution >= 0.6 is 0 Å². The summed E-state index contributed by atoms with van der Waals surface area (Å²) in [5.41, 5.74) is 1.39. The average molecular weight is 424 g/mol. The summed E-state index contributed by atoms with van der Waals surface area (Å²) in [6, 6.07) is 8.49. The highest BCUT2D eigenvalue weighted by atomic mass is 16.5. The Kier molecular flexibility index (Phi) is 5.85. The van der Waals surface area contributed by atoms with Crippen molar-refractivity contribution in [1.82, 2.24) is 4.98 Å². The molecule has 1 N–H and O–H groups in total. The van der Waals surface area contributed by atoms with Gasteiger partial charge in [-0.05, 0) is 44.2 Å². The number of ketones is 1. The van der Waals surface area contributed by atoms with E-state index in [1.807, 2.05) is 6.07 Å².